The van der Waals surface area contributed by atoms with Gasteiger partial charge in [-0.25, -0.2) is 9.61 Å². The third-order valence-corrected chi connectivity index (χ3v) is 3.87. The molecule has 18 heavy (non-hydrogen) atoms. The molecule has 0 aromatic carbocycles. The summed E-state index contributed by atoms with van der Waals surface area (Å²) in [6.45, 7) is 0. The van der Waals surface area contributed by atoms with E-state index in [0.29, 0.717) is 5.13 Å². The van der Waals surface area contributed by atoms with E-state index in [4.69, 9.17) is 5.73 Å². The molecule has 94 valence electrons. The highest BCUT2D eigenvalue weighted by Crippen LogP contribution is 2.29. The normalized spacial score (nSPS) is 14.2. The van der Waals surface area contributed by atoms with Crippen LogP contribution in [0.2, 0.25) is 0 Å². The van der Waals surface area contributed by atoms with Crippen LogP contribution in [-0.2, 0) is 12.8 Å². The zero-order valence-corrected chi connectivity index (χ0v) is 10.3. The number of hydrogen-bond acceptors (Lipinski definition) is 7. The Morgan fingerprint density at radius 2 is 2.17 bits per heavy atom. The first-order chi connectivity index (χ1) is 8.74. The predicted molar refractivity (Wildman–Crippen MR) is 65.4 cm³/mol. The molecule has 2 aromatic heterocycles. The molecule has 1 aliphatic carbocycles. The van der Waals surface area contributed by atoms with Gasteiger partial charge in [-0.15, -0.1) is 11.3 Å². The molecular weight excluding hydrogens is 254 g/mol. The fourth-order valence-corrected chi connectivity index (χ4v) is 2.96. The summed E-state index contributed by atoms with van der Waals surface area (Å²) in [5.74, 6) is -0.464. The lowest BCUT2D eigenvalue weighted by atomic mass is 10.0. The first-order valence-corrected chi connectivity index (χ1v) is 6.43. The average molecular weight is 265 g/mol. The van der Waals surface area contributed by atoms with Gasteiger partial charge in [0.25, 0.3) is 5.91 Å². The van der Waals surface area contributed by atoms with Gasteiger partial charge >= 0.3 is 0 Å². The van der Waals surface area contributed by atoms with Crippen LogP contribution in [0.15, 0.2) is 4.63 Å². The summed E-state index contributed by atoms with van der Waals surface area (Å²) >= 11 is 1.50. The number of anilines is 2. The van der Waals surface area contributed by atoms with Crippen molar-refractivity contribution in [2.24, 2.45) is 0 Å². The van der Waals surface area contributed by atoms with E-state index in [2.05, 4.69) is 25.2 Å². The molecule has 3 N–H and O–H groups in total. The summed E-state index contributed by atoms with van der Waals surface area (Å²) in [7, 11) is 0. The molecule has 0 aliphatic heterocycles. The molecule has 2 heterocycles. The van der Waals surface area contributed by atoms with Crippen molar-refractivity contribution in [3.8, 4) is 0 Å². The van der Waals surface area contributed by atoms with Crippen LogP contribution in [0.3, 0.4) is 0 Å². The molecule has 3 rings (SSSR count). The Kier molecular flexibility index (Phi) is 2.71. The number of nitrogen functional groups attached to an aromatic ring is 1. The third-order valence-electron chi connectivity index (χ3n) is 2.80. The van der Waals surface area contributed by atoms with Gasteiger partial charge in [-0.3, -0.25) is 10.1 Å². The number of thiazole rings is 1. The van der Waals surface area contributed by atoms with Crippen molar-refractivity contribution in [2.75, 3.05) is 11.1 Å². The van der Waals surface area contributed by atoms with Gasteiger partial charge in [0.15, 0.2) is 5.13 Å². The number of carbonyl (C=O) groups excluding carboxylic acids is 1. The fourth-order valence-electron chi connectivity index (χ4n) is 1.91. The first-order valence-electron chi connectivity index (χ1n) is 5.62. The highest BCUT2D eigenvalue weighted by atomic mass is 32.1. The Bertz CT molecular complexity index is 567. The lowest BCUT2D eigenvalue weighted by molar-refractivity contribution is 0.101. The minimum Gasteiger partial charge on any atom is -0.379 e. The number of fused-ring (bicyclic) bond motifs is 1. The van der Waals surface area contributed by atoms with Crippen LogP contribution in [-0.4, -0.2) is 21.2 Å². The van der Waals surface area contributed by atoms with E-state index in [-0.39, 0.29) is 11.5 Å². The number of nitrogens with two attached hydrogens (primary N) is 1. The summed E-state index contributed by atoms with van der Waals surface area (Å²) in [6, 6.07) is 0. The maximum absolute atomic E-state index is 11.8. The smallest absolute Gasteiger partial charge is 0.283 e. The molecule has 0 atom stereocenters. The van der Waals surface area contributed by atoms with E-state index in [9.17, 15) is 4.79 Å². The summed E-state index contributed by atoms with van der Waals surface area (Å²) in [4.78, 5) is 17.5. The van der Waals surface area contributed by atoms with Crippen LogP contribution < -0.4 is 11.1 Å². The van der Waals surface area contributed by atoms with Crippen LogP contribution >= 0.6 is 11.3 Å². The SMILES string of the molecule is Nc1nonc1C(=O)Nc1nc2c(s1)CCCC2. The van der Waals surface area contributed by atoms with Gasteiger partial charge in [0, 0.05) is 4.88 Å². The molecule has 0 saturated heterocycles. The highest BCUT2D eigenvalue weighted by molar-refractivity contribution is 7.15. The van der Waals surface area contributed by atoms with Crippen molar-refractivity contribution in [1.29, 1.82) is 0 Å². The molecule has 8 heteroatoms. The maximum atomic E-state index is 11.8. The Labute approximate surface area is 106 Å². The molecule has 1 amide bonds. The van der Waals surface area contributed by atoms with Crippen molar-refractivity contribution in [3.05, 3.63) is 16.3 Å². The monoisotopic (exact) mass is 265 g/mol. The maximum Gasteiger partial charge on any atom is 0.283 e. The minimum atomic E-state index is -0.445. The standard InChI is InChI=1S/C10H11N5O2S/c11-8-7(14-17-15-8)9(16)13-10-12-5-3-1-2-4-6(5)18-10/h1-4H2,(H2,11,15)(H,12,13,16). The Morgan fingerprint density at radius 3 is 2.89 bits per heavy atom. The third kappa shape index (κ3) is 1.94. The lowest BCUT2D eigenvalue weighted by Gasteiger charge is -2.06. The number of hydrogen-bond donors (Lipinski definition) is 2. The molecule has 2 aromatic rings. The van der Waals surface area contributed by atoms with Crippen molar-refractivity contribution >= 4 is 28.2 Å². The second-order valence-corrected chi connectivity index (χ2v) is 5.13. The van der Waals surface area contributed by atoms with Crippen molar-refractivity contribution in [1.82, 2.24) is 15.3 Å². The van der Waals surface area contributed by atoms with Crippen molar-refractivity contribution in [2.45, 2.75) is 25.7 Å². The molecule has 1 aliphatic rings. The van der Waals surface area contributed by atoms with Crippen LogP contribution in [0, 0.1) is 0 Å². The number of aryl methyl sites for hydroxylation is 2. The van der Waals surface area contributed by atoms with Crippen molar-refractivity contribution < 1.29 is 9.42 Å². The zero-order valence-electron chi connectivity index (χ0n) is 9.47. The Morgan fingerprint density at radius 1 is 1.33 bits per heavy atom. The number of nitrogens with one attached hydrogen (secondary N) is 1. The summed E-state index contributed by atoms with van der Waals surface area (Å²) in [5, 5.41) is 10.1. The van der Waals surface area contributed by atoms with E-state index < -0.39 is 5.91 Å². The van der Waals surface area contributed by atoms with E-state index >= 15 is 0 Å². The molecule has 0 spiro atoms. The molecule has 0 saturated carbocycles. The molecule has 0 fully saturated rings. The van der Waals surface area contributed by atoms with Crippen LogP contribution in [0.1, 0.15) is 33.9 Å². The van der Waals surface area contributed by atoms with Crippen LogP contribution in [0.4, 0.5) is 10.9 Å². The highest BCUT2D eigenvalue weighted by Gasteiger charge is 2.20. The zero-order chi connectivity index (χ0) is 12.5. The van der Waals surface area contributed by atoms with E-state index in [0.717, 1.165) is 25.0 Å². The second-order valence-electron chi connectivity index (χ2n) is 4.05. The fraction of sp³-hybridized carbons (Fsp3) is 0.400. The minimum absolute atomic E-state index is 0.0110. The molecule has 0 bridgehead atoms. The van der Waals surface area contributed by atoms with Gasteiger partial charge in [-0.2, -0.15) is 0 Å². The topological polar surface area (TPSA) is 107 Å². The second kappa shape index (κ2) is 4.37. The van der Waals surface area contributed by atoms with E-state index in [1.54, 1.807) is 0 Å². The Balaban J connectivity index is 1.79. The first kappa shape index (κ1) is 11.1. The van der Waals surface area contributed by atoms with Crippen molar-refractivity contribution in [3.63, 3.8) is 0 Å². The van der Waals surface area contributed by atoms with Gasteiger partial charge in [0.1, 0.15) is 0 Å². The van der Waals surface area contributed by atoms with Gasteiger partial charge in [-0.05, 0) is 36.0 Å². The van der Waals surface area contributed by atoms with Crippen LogP contribution in [0.25, 0.3) is 0 Å². The lowest BCUT2D eigenvalue weighted by Crippen LogP contribution is -2.14. The number of carbonyl (C=O) groups is 1. The average Bonchev–Trinajstić information content (AvgIpc) is 2.94. The summed E-state index contributed by atoms with van der Waals surface area (Å²) in [5.41, 5.74) is 6.53. The van der Waals surface area contributed by atoms with E-state index in [1.165, 1.54) is 22.6 Å². The van der Waals surface area contributed by atoms with Gasteiger partial charge < -0.3 is 5.73 Å². The number of aromatic nitrogens is 3. The summed E-state index contributed by atoms with van der Waals surface area (Å²) < 4.78 is 4.38. The molecule has 0 unspecified atom stereocenters. The molecular formula is C10H11N5O2S. The van der Waals surface area contributed by atoms with Gasteiger partial charge in [0.05, 0.1) is 5.69 Å². The van der Waals surface area contributed by atoms with E-state index in [1.807, 2.05) is 0 Å². The number of amides is 1. The summed E-state index contributed by atoms with van der Waals surface area (Å²) in [6.07, 6.45) is 4.36. The van der Waals surface area contributed by atoms with Gasteiger partial charge in [0.2, 0.25) is 11.5 Å². The quantitative estimate of drug-likeness (QED) is 0.846. The van der Waals surface area contributed by atoms with Gasteiger partial charge in [-0.1, -0.05) is 0 Å². The number of rotatable bonds is 2. The molecule has 7 nitrogen and oxygen atoms in total. The number of nitrogens with zero attached hydrogens (tertiary/aromatic N) is 3. The molecule has 0 radical (unpaired) electrons. The largest absolute Gasteiger partial charge is 0.379 e. The van der Waals surface area contributed by atoms with Crippen LogP contribution in [0.5, 0.6) is 0 Å². The Hall–Kier alpha value is -1.96. The predicted octanol–water partition coefficient (Wildman–Crippen LogP) is 1.24.